The monoisotopic (exact) mass is 345 g/mol. The Labute approximate surface area is 140 Å². The van der Waals surface area contributed by atoms with Gasteiger partial charge in [-0.15, -0.1) is 0 Å². The number of nitrogens with one attached hydrogen (secondary N) is 2. The molecule has 2 amide bonds. The van der Waals surface area contributed by atoms with E-state index in [1.54, 1.807) is 25.1 Å². The molecule has 1 rings (SSSR count). The van der Waals surface area contributed by atoms with Gasteiger partial charge >= 0.3 is 0 Å². The Morgan fingerprint density at radius 3 is 2.32 bits per heavy atom. The van der Waals surface area contributed by atoms with Crippen LogP contribution in [-0.4, -0.2) is 23.9 Å². The van der Waals surface area contributed by atoms with Gasteiger partial charge in [0.1, 0.15) is 6.04 Å². The van der Waals surface area contributed by atoms with Gasteiger partial charge in [-0.2, -0.15) is 0 Å². The third kappa shape index (κ3) is 6.22. The molecule has 0 saturated carbocycles. The topological polar surface area (TPSA) is 84.2 Å². The van der Waals surface area contributed by atoms with E-state index in [0.29, 0.717) is 22.2 Å². The number of imide groups is 1. The summed E-state index contributed by atoms with van der Waals surface area (Å²) in [6.45, 7) is 3.65. The molecular formula is C15H21Cl2N3O2. The first-order valence-corrected chi connectivity index (χ1v) is 7.92. The van der Waals surface area contributed by atoms with Gasteiger partial charge in [0.25, 0.3) is 0 Å². The van der Waals surface area contributed by atoms with E-state index in [1.807, 2.05) is 6.92 Å². The van der Waals surface area contributed by atoms with Crippen LogP contribution in [0.15, 0.2) is 18.2 Å². The molecule has 0 aliphatic carbocycles. The summed E-state index contributed by atoms with van der Waals surface area (Å²) < 4.78 is 0. The number of carbonyl (C=O) groups excluding carboxylic acids is 2. The van der Waals surface area contributed by atoms with Crippen molar-refractivity contribution in [3.8, 4) is 0 Å². The van der Waals surface area contributed by atoms with Crippen LogP contribution in [0, 0.1) is 0 Å². The number of anilines is 1. The molecule has 1 unspecified atom stereocenters. The summed E-state index contributed by atoms with van der Waals surface area (Å²) in [5.41, 5.74) is 6.32. The van der Waals surface area contributed by atoms with E-state index in [-0.39, 0.29) is 0 Å². The lowest BCUT2D eigenvalue weighted by atomic mass is 10.1. The summed E-state index contributed by atoms with van der Waals surface area (Å²) in [7, 11) is 0. The highest BCUT2D eigenvalue weighted by atomic mass is 35.5. The standard InChI is InChI=1S/C15H21Cl2N3O2/c1-3-4-5-13(18)15(22)20-14(21)9(2)19-12-7-10(16)6-11(17)8-12/h6-9,13,19H,3-5,18H2,1-2H3,(H,20,21,22)/t9?,13-/m0/s1. The normalized spacial score (nSPS) is 13.3. The van der Waals surface area contributed by atoms with Crippen LogP contribution in [0.3, 0.4) is 0 Å². The van der Waals surface area contributed by atoms with Crippen molar-refractivity contribution in [1.82, 2.24) is 5.32 Å². The Balaban J connectivity index is 2.56. The summed E-state index contributed by atoms with van der Waals surface area (Å²) in [5, 5.41) is 6.16. The summed E-state index contributed by atoms with van der Waals surface area (Å²) in [6, 6.07) is 3.58. The van der Waals surface area contributed by atoms with Crippen LogP contribution in [0.4, 0.5) is 5.69 Å². The molecule has 1 aromatic rings. The Morgan fingerprint density at radius 1 is 1.18 bits per heavy atom. The molecule has 0 radical (unpaired) electrons. The molecule has 0 aliphatic rings. The predicted octanol–water partition coefficient (Wildman–Crippen LogP) is 2.95. The van der Waals surface area contributed by atoms with Crippen LogP contribution >= 0.6 is 23.2 Å². The first kappa shape index (κ1) is 18.7. The van der Waals surface area contributed by atoms with Crippen molar-refractivity contribution in [3.05, 3.63) is 28.2 Å². The maximum atomic E-state index is 12.0. The lowest BCUT2D eigenvalue weighted by Crippen LogP contribution is -2.48. The molecule has 0 heterocycles. The summed E-state index contributed by atoms with van der Waals surface area (Å²) in [5.74, 6) is -0.913. The average molecular weight is 346 g/mol. The fourth-order valence-corrected chi connectivity index (χ4v) is 2.36. The van der Waals surface area contributed by atoms with Gasteiger partial charge in [-0.3, -0.25) is 14.9 Å². The third-order valence-electron chi connectivity index (χ3n) is 3.09. The zero-order valence-electron chi connectivity index (χ0n) is 12.7. The van der Waals surface area contributed by atoms with E-state index in [9.17, 15) is 9.59 Å². The highest BCUT2D eigenvalue weighted by Gasteiger charge is 2.20. The lowest BCUT2D eigenvalue weighted by Gasteiger charge is -2.17. The number of hydrogen-bond donors (Lipinski definition) is 3. The number of halogens is 2. The van der Waals surface area contributed by atoms with Gasteiger partial charge in [-0.05, 0) is 31.5 Å². The highest BCUT2D eigenvalue weighted by molar-refractivity contribution is 6.35. The molecule has 1 aromatic carbocycles. The molecule has 7 heteroatoms. The molecule has 0 aliphatic heterocycles. The molecule has 0 fully saturated rings. The second-order valence-corrected chi connectivity index (χ2v) is 6.00. The molecule has 0 spiro atoms. The van der Waals surface area contributed by atoms with Gasteiger partial charge in [0.15, 0.2) is 0 Å². The van der Waals surface area contributed by atoms with Crippen molar-refractivity contribution in [3.63, 3.8) is 0 Å². The number of unbranched alkanes of at least 4 members (excludes halogenated alkanes) is 1. The molecule has 0 saturated heterocycles. The van der Waals surface area contributed by atoms with Crippen molar-refractivity contribution in [2.24, 2.45) is 5.73 Å². The van der Waals surface area contributed by atoms with Crippen molar-refractivity contribution in [2.45, 2.75) is 45.2 Å². The molecule has 5 nitrogen and oxygen atoms in total. The van der Waals surface area contributed by atoms with Crippen LogP contribution in [0.25, 0.3) is 0 Å². The van der Waals surface area contributed by atoms with Crippen LogP contribution in [0.2, 0.25) is 10.0 Å². The Kier molecular flexibility index (Phi) is 7.65. The molecule has 2 atom stereocenters. The van der Waals surface area contributed by atoms with Crippen molar-refractivity contribution in [1.29, 1.82) is 0 Å². The van der Waals surface area contributed by atoms with Crippen LogP contribution in [-0.2, 0) is 9.59 Å². The minimum absolute atomic E-state index is 0.451. The van der Waals surface area contributed by atoms with Gasteiger partial charge < -0.3 is 11.1 Å². The van der Waals surface area contributed by atoms with Gasteiger partial charge in [-0.25, -0.2) is 0 Å². The molecular weight excluding hydrogens is 325 g/mol. The van der Waals surface area contributed by atoms with Gasteiger partial charge in [0.2, 0.25) is 11.8 Å². The zero-order valence-corrected chi connectivity index (χ0v) is 14.2. The van der Waals surface area contributed by atoms with Crippen molar-refractivity contribution < 1.29 is 9.59 Å². The zero-order chi connectivity index (χ0) is 16.7. The fraction of sp³-hybridized carbons (Fsp3) is 0.467. The number of hydrogen-bond acceptors (Lipinski definition) is 4. The number of amides is 2. The highest BCUT2D eigenvalue weighted by Crippen LogP contribution is 2.22. The van der Waals surface area contributed by atoms with E-state index in [1.165, 1.54) is 0 Å². The SMILES string of the molecule is CCCC[C@H](N)C(=O)NC(=O)C(C)Nc1cc(Cl)cc(Cl)c1. The Morgan fingerprint density at radius 2 is 1.77 bits per heavy atom. The van der Waals surface area contributed by atoms with Gasteiger partial charge in [-0.1, -0.05) is 43.0 Å². The Hall–Kier alpha value is -1.30. The first-order valence-electron chi connectivity index (χ1n) is 7.16. The van der Waals surface area contributed by atoms with Crippen molar-refractivity contribution >= 4 is 40.7 Å². The number of rotatable bonds is 7. The molecule has 22 heavy (non-hydrogen) atoms. The number of carbonyl (C=O) groups is 2. The third-order valence-corrected chi connectivity index (χ3v) is 3.53. The van der Waals surface area contributed by atoms with Gasteiger partial charge in [0, 0.05) is 15.7 Å². The fourth-order valence-electron chi connectivity index (χ4n) is 1.83. The first-order chi connectivity index (χ1) is 10.3. The van der Waals surface area contributed by atoms with Crippen LogP contribution < -0.4 is 16.4 Å². The lowest BCUT2D eigenvalue weighted by molar-refractivity contribution is -0.131. The van der Waals surface area contributed by atoms with E-state index < -0.39 is 23.9 Å². The van der Waals surface area contributed by atoms with Gasteiger partial charge in [0.05, 0.1) is 6.04 Å². The average Bonchev–Trinajstić information content (AvgIpc) is 2.43. The number of benzene rings is 1. The second-order valence-electron chi connectivity index (χ2n) is 5.13. The maximum Gasteiger partial charge on any atom is 0.248 e. The predicted molar refractivity (Wildman–Crippen MR) is 90.2 cm³/mol. The maximum absolute atomic E-state index is 12.0. The molecule has 0 aromatic heterocycles. The van der Waals surface area contributed by atoms with Crippen LogP contribution in [0.1, 0.15) is 33.1 Å². The summed E-state index contributed by atoms with van der Waals surface area (Å²) in [4.78, 5) is 23.8. The summed E-state index contributed by atoms with van der Waals surface area (Å²) >= 11 is 11.8. The summed E-state index contributed by atoms with van der Waals surface area (Å²) in [6.07, 6.45) is 2.35. The van der Waals surface area contributed by atoms with E-state index in [4.69, 9.17) is 28.9 Å². The minimum Gasteiger partial charge on any atom is -0.374 e. The van der Waals surface area contributed by atoms with Crippen LogP contribution in [0.5, 0.6) is 0 Å². The number of nitrogens with two attached hydrogens (primary N) is 1. The van der Waals surface area contributed by atoms with E-state index in [2.05, 4.69) is 10.6 Å². The largest absolute Gasteiger partial charge is 0.374 e. The molecule has 4 N–H and O–H groups in total. The minimum atomic E-state index is -0.670. The van der Waals surface area contributed by atoms with E-state index in [0.717, 1.165) is 12.8 Å². The Bertz CT molecular complexity index is 517. The smallest absolute Gasteiger partial charge is 0.248 e. The molecule has 0 bridgehead atoms. The molecule has 122 valence electrons. The van der Waals surface area contributed by atoms with Crippen molar-refractivity contribution in [2.75, 3.05) is 5.32 Å². The van der Waals surface area contributed by atoms with E-state index >= 15 is 0 Å². The quantitative estimate of drug-likeness (QED) is 0.709. The second kappa shape index (κ2) is 8.98.